The summed E-state index contributed by atoms with van der Waals surface area (Å²) in [6.07, 6.45) is 0.602. The second-order valence-corrected chi connectivity index (χ2v) is 5.12. The third-order valence-electron chi connectivity index (χ3n) is 3.55. The van der Waals surface area contributed by atoms with Gasteiger partial charge in [-0.2, -0.15) is 0 Å². The van der Waals surface area contributed by atoms with Crippen molar-refractivity contribution < 1.29 is 9.90 Å². The normalized spacial score (nSPS) is 20.2. The zero-order valence-electron chi connectivity index (χ0n) is 10.6. The van der Waals surface area contributed by atoms with Crippen molar-refractivity contribution in [2.75, 3.05) is 18.5 Å². The summed E-state index contributed by atoms with van der Waals surface area (Å²) in [5.41, 5.74) is 3.74. The maximum absolute atomic E-state index is 10.8. The van der Waals surface area contributed by atoms with E-state index in [1.165, 1.54) is 11.3 Å². The first kappa shape index (κ1) is 12.0. The smallest absolute Gasteiger partial charge is 0.306 e. The highest BCUT2D eigenvalue weighted by molar-refractivity contribution is 5.70. The first-order valence-corrected chi connectivity index (χ1v) is 6.05. The maximum atomic E-state index is 10.8. The molecule has 17 heavy (non-hydrogen) atoms. The Hall–Kier alpha value is -1.51. The molecule has 92 valence electrons. The Bertz CT molecular complexity index is 442. The number of hydrogen-bond acceptors (Lipinski definition) is 2. The van der Waals surface area contributed by atoms with Gasteiger partial charge in [-0.05, 0) is 23.6 Å². The summed E-state index contributed by atoms with van der Waals surface area (Å²) in [5.74, 6) is -0.481. The van der Waals surface area contributed by atoms with Crippen molar-refractivity contribution in [3.05, 3.63) is 29.3 Å². The molecule has 0 fully saturated rings. The van der Waals surface area contributed by atoms with Crippen molar-refractivity contribution >= 4 is 11.7 Å². The fraction of sp³-hybridized carbons (Fsp3) is 0.500. The summed E-state index contributed by atoms with van der Waals surface area (Å²) in [4.78, 5) is 13.1. The van der Waals surface area contributed by atoms with Gasteiger partial charge in [0.1, 0.15) is 0 Å². The van der Waals surface area contributed by atoms with Gasteiger partial charge in [-0.15, -0.1) is 0 Å². The van der Waals surface area contributed by atoms with E-state index in [0.717, 1.165) is 12.1 Å². The largest absolute Gasteiger partial charge is 0.481 e. The Morgan fingerprint density at radius 1 is 1.59 bits per heavy atom. The molecular formula is C14H19NO2. The predicted molar refractivity (Wildman–Crippen MR) is 68.6 cm³/mol. The molecule has 0 spiro atoms. The van der Waals surface area contributed by atoms with Crippen molar-refractivity contribution in [3.8, 4) is 0 Å². The molecule has 2 atom stereocenters. The Balaban J connectivity index is 2.23. The Morgan fingerprint density at radius 2 is 2.29 bits per heavy atom. The molecule has 0 aromatic heterocycles. The van der Waals surface area contributed by atoms with Crippen molar-refractivity contribution in [2.24, 2.45) is 5.92 Å². The summed E-state index contributed by atoms with van der Waals surface area (Å²) in [6, 6.07) is 6.35. The number of benzene rings is 1. The van der Waals surface area contributed by atoms with Crippen LogP contribution in [0.25, 0.3) is 0 Å². The van der Waals surface area contributed by atoms with Crippen molar-refractivity contribution in [2.45, 2.75) is 26.2 Å². The minimum Gasteiger partial charge on any atom is -0.481 e. The van der Waals surface area contributed by atoms with E-state index in [0.29, 0.717) is 12.3 Å². The molecule has 3 heteroatoms. The van der Waals surface area contributed by atoms with Gasteiger partial charge in [-0.1, -0.05) is 26.0 Å². The maximum Gasteiger partial charge on any atom is 0.306 e. The summed E-state index contributed by atoms with van der Waals surface area (Å²) in [6.45, 7) is 5.02. The summed E-state index contributed by atoms with van der Waals surface area (Å²) in [7, 11) is 2.09. The second kappa shape index (κ2) is 4.40. The van der Waals surface area contributed by atoms with Gasteiger partial charge < -0.3 is 10.0 Å². The van der Waals surface area contributed by atoms with Gasteiger partial charge in [0.15, 0.2) is 0 Å². The summed E-state index contributed by atoms with van der Waals surface area (Å²) >= 11 is 0. The molecule has 1 aliphatic heterocycles. The van der Waals surface area contributed by atoms with E-state index in [9.17, 15) is 4.79 Å². The van der Waals surface area contributed by atoms with Crippen LogP contribution in [0.3, 0.4) is 0 Å². The van der Waals surface area contributed by atoms with Crippen LogP contribution < -0.4 is 4.90 Å². The van der Waals surface area contributed by atoms with Gasteiger partial charge in [0.2, 0.25) is 0 Å². The average Bonchev–Trinajstić information content (AvgIpc) is 2.54. The average molecular weight is 233 g/mol. The van der Waals surface area contributed by atoms with Crippen LogP contribution in [0.5, 0.6) is 0 Å². The topological polar surface area (TPSA) is 40.5 Å². The van der Waals surface area contributed by atoms with Crippen LogP contribution in [-0.2, 0) is 11.2 Å². The van der Waals surface area contributed by atoms with Crippen LogP contribution in [0, 0.1) is 5.92 Å². The number of aliphatic carboxylic acids is 1. The Labute approximate surface area is 102 Å². The molecule has 2 unspecified atom stereocenters. The van der Waals surface area contributed by atoms with Crippen LogP contribution in [0.15, 0.2) is 18.2 Å². The highest BCUT2D eigenvalue weighted by atomic mass is 16.4. The van der Waals surface area contributed by atoms with E-state index in [1.54, 1.807) is 6.92 Å². The third kappa shape index (κ3) is 2.28. The van der Waals surface area contributed by atoms with Crippen LogP contribution in [0.2, 0.25) is 0 Å². The number of rotatable bonds is 3. The van der Waals surface area contributed by atoms with E-state index in [4.69, 9.17) is 5.11 Å². The predicted octanol–water partition coefficient (Wildman–Crippen LogP) is 2.50. The summed E-state index contributed by atoms with van der Waals surface area (Å²) in [5, 5.41) is 8.92. The number of anilines is 1. The van der Waals surface area contributed by atoms with Crippen LogP contribution in [-0.4, -0.2) is 24.7 Å². The molecule has 1 N–H and O–H groups in total. The monoisotopic (exact) mass is 233 g/mol. The van der Waals surface area contributed by atoms with E-state index in [2.05, 4.69) is 37.1 Å². The molecular weight excluding hydrogens is 214 g/mol. The van der Waals surface area contributed by atoms with Gasteiger partial charge in [-0.25, -0.2) is 0 Å². The lowest BCUT2D eigenvalue weighted by molar-refractivity contribution is -0.141. The molecule has 1 heterocycles. The number of hydrogen-bond donors (Lipinski definition) is 1. The molecule has 0 amide bonds. The lowest BCUT2D eigenvalue weighted by Gasteiger charge is -2.14. The molecule has 1 aromatic rings. The molecule has 0 saturated heterocycles. The molecule has 0 saturated carbocycles. The highest BCUT2D eigenvalue weighted by Gasteiger charge is 2.23. The minimum absolute atomic E-state index is 0.322. The molecule has 0 aliphatic carbocycles. The fourth-order valence-corrected chi connectivity index (χ4v) is 2.51. The van der Waals surface area contributed by atoms with E-state index in [1.807, 2.05) is 0 Å². The Morgan fingerprint density at radius 3 is 2.94 bits per heavy atom. The third-order valence-corrected chi connectivity index (χ3v) is 3.55. The molecule has 0 radical (unpaired) electrons. The first-order valence-electron chi connectivity index (χ1n) is 6.05. The highest BCUT2D eigenvalue weighted by Crippen LogP contribution is 2.35. The number of fused-ring (bicyclic) bond motifs is 1. The second-order valence-electron chi connectivity index (χ2n) is 5.12. The number of carbonyl (C=O) groups is 1. The molecule has 1 aromatic carbocycles. The lowest BCUT2D eigenvalue weighted by atomic mass is 9.97. The van der Waals surface area contributed by atoms with Gasteiger partial charge in [0.25, 0.3) is 0 Å². The minimum atomic E-state index is -0.729. The van der Waals surface area contributed by atoms with Gasteiger partial charge in [0, 0.05) is 25.2 Å². The SMILES string of the molecule is CC(Cc1ccc2c(c1)N(C)CC2C)C(=O)O. The van der Waals surface area contributed by atoms with Gasteiger partial charge in [0.05, 0.1) is 5.92 Å². The zero-order valence-corrected chi connectivity index (χ0v) is 10.6. The van der Waals surface area contributed by atoms with Gasteiger partial charge in [-0.3, -0.25) is 4.79 Å². The molecule has 0 bridgehead atoms. The number of carboxylic acids is 1. The standard InChI is InChI=1S/C14H19NO2/c1-9(14(16)17)6-11-4-5-12-10(2)8-15(3)13(12)7-11/h4-5,7,9-10H,6,8H2,1-3H3,(H,16,17). The molecule has 3 nitrogen and oxygen atoms in total. The Kier molecular flexibility index (Phi) is 3.09. The van der Waals surface area contributed by atoms with Crippen LogP contribution in [0.1, 0.15) is 30.9 Å². The molecule has 2 rings (SSSR count). The van der Waals surface area contributed by atoms with Crippen molar-refractivity contribution in [1.82, 2.24) is 0 Å². The van der Waals surface area contributed by atoms with Crippen molar-refractivity contribution in [1.29, 1.82) is 0 Å². The first-order chi connectivity index (χ1) is 7.99. The molecule has 1 aliphatic rings. The van der Waals surface area contributed by atoms with Crippen LogP contribution >= 0.6 is 0 Å². The van der Waals surface area contributed by atoms with Crippen LogP contribution in [0.4, 0.5) is 5.69 Å². The lowest BCUT2D eigenvalue weighted by Crippen LogP contribution is -2.15. The van der Waals surface area contributed by atoms with Gasteiger partial charge >= 0.3 is 5.97 Å². The van der Waals surface area contributed by atoms with E-state index in [-0.39, 0.29) is 5.92 Å². The summed E-state index contributed by atoms with van der Waals surface area (Å²) < 4.78 is 0. The quantitative estimate of drug-likeness (QED) is 0.872. The van der Waals surface area contributed by atoms with E-state index >= 15 is 0 Å². The number of likely N-dealkylation sites (N-methyl/N-ethyl adjacent to an activating group) is 1. The number of carboxylic acid groups (broad SMARTS) is 1. The zero-order chi connectivity index (χ0) is 12.6. The van der Waals surface area contributed by atoms with Crippen molar-refractivity contribution in [3.63, 3.8) is 0 Å². The number of nitrogens with zero attached hydrogens (tertiary/aromatic N) is 1. The fourth-order valence-electron chi connectivity index (χ4n) is 2.51. The van der Waals surface area contributed by atoms with E-state index < -0.39 is 5.97 Å².